The van der Waals surface area contributed by atoms with Gasteiger partial charge in [-0.15, -0.1) is 10.2 Å². The lowest BCUT2D eigenvalue weighted by atomic mass is 10.0. The van der Waals surface area contributed by atoms with Crippen LogP contribution in [0.2, 0.25) is 0 Å². The van der Waals surface area contributed by atoms with Gasteiger partial charge in [-0.2, -0.15) is 8.78 Å². The van der Waals surface area contributed by atoms with Crippen molar-refractivity contribution in [1.82, 2.24) is 25.1 Å². The zero-order valence-corrected chi connectivity index (χ0v) is 18.8. The zero-order valence-electron chi connectivity index (χ0n) is 18.8. The summed E-state index contributed by atoms with van der Waals surface area (Å²) in [6, 6.07) is 12.2. The van der Waals surface area contributed by atoms with Gasteiger partial charge < -0.3 is 14.2 Å². The lowest BCUT2D eigenvalue weighted by Gasteiger charge is -2.22. The van der Waals surface area contributed by atoms with Crippen molar-refractivity contribution in [2.75, 3.05) is 19.0 Å². The molecule has 3 aromatic heterocycles. The SMILES string of the molecule is CN(Cc1ccc(-c2nnc(C(F)F)o2)cn1)C(=O)c1ccc(-c2cccnc2)cc1N(C)C=O. The third-order valence-electron chi connectivity index (χ3n) is 5.21. The van der Waals surface area contributed by atoms with Crippen molar-refractivity contribution in [2.45, 2.75) is 13.0 Å². The standard InChI is InChI=1S/C24H20F2N6O3/c1-31(13-18-7-5-17(12-28-18)22-29-30-23(35-22)21(25)26)24(34)19-8-6-15(10-20(19)32(2)14-33)16-4-3-9-27-11-16/h3-12,14,21H,13H2,1-2H3. The van der Waals surface area contributed by atoms with Crippen LogP contribution in [0.5, 0.6) is 0 Å². The summed E-state index contributed by atoms with van der Waals surface area (Å²) < 4.78 is 30.2. The number of carbonyl (C=O) groups is 2. The van der Waals surface area contributed by atoms with Crippen molar-refractivity contribution < 1.29 is 22.8 Å². The van der Waals surface area contributed by atoms with E-state index in [1.165, 1.54) is 16.0 Å². The minimum atomic E-state index is -2.86. The minimum Gasteiger partial charge on any atom is -0.415 e. The van der Waals surface area contributed by atoms with E-state index in [1.807, 2.05) is 6.07 Å². The van der Waals surface area contributed by atoms with E-state index in [1.54, 1.807) is 62.9 Å². The first-order chi connectivity index (χ1) is 16.9. The normalized spacial score (nSPS) is 10.9. The summed E-state index contributed by atoms with van der Waals surface area (Å²) in [7, 11) is 3.19. The Morgan fingerprint density at radius 3 is 2.49 bits per heavy atom. The van der Waals surface area contributed by atoms with Gasteiger partial charge >= 0.3 is 6.43 Å². The smallest absolute Gasteiger partial charge is 0.314 e. The fraction of sp³-hybridized carbons (Fsp3) is 0.167. The number of hydrogen-bond donors (Lipinski definition) is 0. The summed E-state index contributed by atoms with van der Waals surface area (Å²) in [6.07, 6.45) is 2.55. The molecule has 0 fully saturated rings. The van der Waals surface area contributed by atoms with Gasteiger partial charge in [0.2, 0.25) is 12.3 Å². The lowest BCUT2D eigenvalue weighted by Crippen LogP contribution is -2.29. The molecule has 0 atom stereocenters. The van der Waals surface area contributed by atoms with Gasteiger partial charge in [0.25, 0.3) is 11.8 Å². The molecule has 0 aliphatic carbocycles. The first-order valence-electron chi connectivity index (χ1n) is 10.4. The maximum Gasteiger partial charge on any atom is 0.314 e. The topological polar surface area (TPSA) is 105 Å². The van der Waals surface area contributed by atoms with Crippen LogP contribution in [-0.2, 0) is 11.3 Å². The van der Waals surface area contributed by atoms with Gasteiger partial charge in [0, 0.05) is 38.2 Å². The molecule has 0 saturated carbocycles. The van der Waals surface area contributed by atoms with Crippen LogP contribution in [0.3, 0.4) is 0 Å². The summed E-state index contributed by atoms with van der Waals surface area (Å²) in [5, 5.41) is 6.89. The summed E-state index contributed by atoms with van der Waals surface area (Å²) in [4.78, 5) is 35.9. The molecule has 0 N–H and O–H groups in total. The molecular weight excluding hydrogens is 458 g/mol. The molecule has 1 aromatic carbocycles. The largest absolute Gasteiger partial charge is 0.415 e. The predicted octanol–water partition coefficient (Wildman–Crippen LogP) is 4.00. The summed E-state index contributed by atoms with van der Waals surface area (Å²) in [5.41, 5.74) is 3.39. The Kier molecular flexibility index (Phi) is 6.86. The van der Waals surface area contributed by atoms with Crippen molar-refractivity contribution in [3.05, 3.63) is 78.2 Å². The maximum atomic E-state index is 13.2. The summed E-state index contributed by atoms with van der Waals surface area (Å²) in [6.45, 7) is 0.166. The van der Waals surface area contributed by atoms with Crippen LogP contribution in [0.1, 0.15) is 28.4 Å². The molecule has 0 aliphatic heterocycles. The lowest BCUT2D eigenvalue weighted by molar-refractivity contribution is -0.107. The molecule has 0 aliphatic rings. The third kappa shape index (κ3) is 5.18. The highest BCUT2D eigenvalue weighted by Gasteiger charge is 2.20. The van der Waals surface area contributed by atoms with Gasteiger partial charge in [-0.3, -0.25) is 19.6 Å². The van der Waals surface area contributed by atoms with Gasteiger partial charge in [-0.05, 0) is 35.9 Å². The van der Waals surface area contributed by atoms with E-state index in [4.69, 9.17) is 4.42 Å². The average molecular weight is 478 g/mol. The first-order valence-corrected chi connectivity index (χ1v) is 10.4. The van der Waals surface area contributed by atoms with E-state index in [9.17, 15) is 18.4 Å². The number of alkyl halides is 2. The number of carbonyl (C=O) groups excluding carboxylic acids is 2. The van der Waals surface area contributed by atoms with Crippen LogP contribution in [0, 0.1) is 0 Å². The number of hydrogen-bond acceptors (Lipinski definition) is 7. The number of amides is 2. The molecule has 3 heterocycles. The van der Waals surface area contributed by atoms with Crippen LogP contribution < -0.4 is 4.90 Å². The number of anilines is 1. The fourth-order valence-corrected chi connectivity index (χ4v) is 3.38. The van der Waals surface area contributed by atoms with E-state index >= 15 is 0 Å². The van der Waals surface area contributed by atoms with Crippen molar-refractivity contribution in [1.29, 1.82) is 0 Å². The van der Waals surface area contributed by atoms with Crippen molar-refractivity contribution in [3.63, 3.8) is 0 Å². The van der Waals surface area contributed by atoms with Crippen molar-refractivity contribution in [2.24, 2.45) is 0 Å². The number of aromatic nitrogens is 4. The van der Waals surface area contributed by atoms with E-state index < -0.39 is 12.3 Å². The quantitative estimate of drug-likeness (QED) is 0.353. The van der Waals surface area contributed by atoms with Crippen molar-refractivity contribution in [3.8, 4) is 22.6 Å². The second-order valence-electron chi connectivity index (χ2n) is 7.64. The molecule has 4 rings (SSSR count). The molecule has 35 heavy (non-hydrogen) atoms. The minimum absolute atomic E-state index is 0.0703. The van der Waals surface area contributed by atoms with Gasteiger partial charge in [0.1, 0.15) is 0 Å². The number of benzene rings is 1. The predicted molar refractivity (Wildman–Crippen MR) is 122 cm³/mol. The highest BCUT2D eigenvalue weighted by atomic mass is 19.3. The highest BCUT2D eigenvalue weighted by Crippen LogP contribution is 2.28. The molecular formula is C24H20F2N6O3. The van der Waals surface area contributed by atoms with Gasteiger partial charge in [-0.25, -0.2) is 0 Å². The van der Waals surface area contributed by atoms with Gasteiger partial charge in [0.15, 0.2) is 0 Å². The van der Waals surface area contributed by atoms with Crippen LogP contribution in [0.4, 0.5) is 14.5 Å². The first kappa shape index (κ1) is 23.6. The van der Waals surface area contributed by atoms with Crippen LogP contribution in [-0.4, -0.2) is 51.5 Å². The van der Waals surface area contributed by atoms with Crippen LogP contribution >= 0.6 is 0 Å². The van der Waals surface area contributed by atoms with Gasteiger partial charge in [-0.1, -0.05) is 12.1 Å². The Hall–Kier alpha value is -4.54. The van der Waals surface area contributed by atoms with E-state index in [0.717, 1.165) is 11.1 Å². The summed E-state index contributed by atoms with van der Waals surface area (Å²) in [5.74, 6) is -1.14. The van der Waals surface area contributed by atoms with E-state index in [2.05, 4.69) is 20.2 Å². The second-order valence-corrected chi connectivity index (χ2v) is 7.64. The number of rotatable bonds is 8. The Morgan fingerprint density at radius 1 is 1.06 bits per heavy atom. The Morgan fingerprint density at radius 2 is 1.86 bits per heavy atom. The van der Waals surface area contributed by atoms with Gasteiger partial charge in [0.05, 0.1) is 29.1 Å². The van der Waals surface area contributed by atoms with Crippen LogP contribution in [0.25, 0.3) is 22.6 Å². The Balaban J connectivity index is 1.53. The molecule has 0 bridgehead atoms. The molecule has 0 radical (unpaired) electrons. The molecule has 0 unspecified atom stereocenters. The molecule has 2 amide bonds. The zero-order chi connectivity index (χ0) is 24.9. The Labute approximate surface area is 199 Å². The average Bonchev–Trinajstić information content (AvgIpc) is 3.39. The number of halogens is 2. The second kappa shape index (κ2) is 10.2. The van der Waals surface area contributed by atoms with Crippen molar-refractivity contribution >= 4 is 18.0 Å². The van der Waals surface area contributed by atoms with E-state index in [-0.39, 0.29) is 18.3 Å². The monoisotopic (exact) mass is 478 g/mol. The molecule has 0 saturated heterocycles. The maximum absolute atomic E-state index is 13.2. The third-order valence-corrected chi connectivity index (χ3v) is 5.21. The number of nitrogens with zero attached hydrogens (tertiary/aromatic N) is 6. The highest BCUT2D eigenvalue weighted by molar-refractivity contribution is 6.02. The molecule has 4 aromatic rings. The molecule has 9 nitrogen and oxygen atoms in total. The van der Waals surface area contributed by atoms with E-state index in [0.29, 0.717) is 28.9 Å². The molecule has 0 spiro atoms. The summed E-state index contributed by atoms with van der Waals surface area (Å²) >= 11 is 0. The number of pyridine rings is 2. The fourth-order valence-electron chi connectivity index (χ4n) is 3.38. The molecule has 11 heteroatoms. The Bertz CT molecular complexity index is 1330. The molecule has 178 valence electrons. The van der Waals surface area contributed by atoms with Crippen LogP contribution in [0.15, 0.2) is 65.5 Å².